The molecule has 2 fully saturated rings. The molecule has 2 saturated heterocycles. The molecular formula is C36H49N5O8S. The SMILES string of the molecule is COCCOc1ccccc1[C@H](Cn1c(=O)n(C(C)(C)C(=O)OC(C)(C)C)c(=O)c2c(C)c(-n3nccn3)sc21)OC1(C)C[C@H]2CC[C@@H](C1)O2.[HH]. The molecule has 0 N–H and O–H groups in total. The van der Waals surface area contributed by atoms with Gasteiger partial charge in [-0.05, 0) is 67.4 Å². The van der Waals surface area contributed by atoms with Crippen molar-refractivity contribution in [3.05, 3.63) is 68.6 Å². The summed E-state index contributed by atoms with van der Waals surface area (Å²) in [6, 6.07) is 7.61. The zero-order chi connectivity index (χ0) is 36.0. The molecule has 0 aliphatic carbocycles. The maximum atomic E-state index is 14.8. The van der Waals surface area contributed by atoms with Crippen LogP contribution in [-0.2, 0) is 35.8 Å². The van der Waals surface area contributed by atoms with Crippen LogP contribution in [0.1, 0.15) is 85.9 Å². The molecule has 4 aromatic rings. The highest BCUT2D eigenvalue weighted by atomic mass is 32.1. The van der Waals surface area contributed by atoms with E-state index in [0.29, 0.717) is 47.2 Å². The second-order valence-electron chi connectivity index (χ2n) is 14.9. The monoisotopic (exact) mass is 711 g/mol. The number of rotatable bonds is 12. The van der Waals surface area contributed by atoms with Crippen molar-refractivity contribution in [3.63, 3.8) is 0 Å². The Balaban J connectivity index is 0.00000504. The maximum Gasteiger partial charge on any atom is 0.333 e. The van der Waals surface area contributed by atoms with Crippen LogP contribution in [0.5, 0.6) is 5.75 Å². The van der Waals surface area contributed by atoms with Crippen molar-refractivity contribution in [3.8, 4) is 10.8 Å². The van der Waals surface area contributed by atoms with Crippen LogP contribution in [0.15, 0.2) is 46.2 Å². The molecule has 2 aliphatic rings. The van der Waals surface area contributed by atoms with Crippen molar-refractivity contribution in [2.24, 2.45) is 0 Å². The topological polar surface area (TPSA) is 138 Å². The zero-order valence-electron chi connectivity index (χ0n) is 30.1. The van der Waals surface area contributed by atoms with Crippen LogP contribution in [0.4, 0.5) is 0 Å². The molecule has 14 heteroatoms. The summed E-state index contributed by atoms with van der Waals surface area (Å²) in [6.45, 7) is 12.9. The lowest BCUT2D eigenvalue weighted by molar-refractivity contribution is -0.165. The summed E-state index contributed by atoms with van der Waals surface area (Å²) in [5.74, 6) is -0.101. The van der Waals surface area contributed by atoms with Crippen molar-refractivity contribution < 1.29 is 29.9 Å². The van der Waals surface area contributed by atoms with Crippen LogP contribution >= 0.6 is 11.3 Å². The van der Waals surface area contributed by atoms with Gasteiger partial charge in [-0.2, -0.15) is 10.2 Å². The van der Waals surface area contributed by atoms with E-state index in [1.807, 2.05) is 24.3 Å². The molecule has 0 amide bonds. The summed E-state index contributed by atoms with van der Waals surface area (Å²) in [5.41, 5.74) is -2.99. The highest BCUT2D eigenvalue weighted by Gasteiger charge is 2.45. The number of benzene rings is 1. The number of nitrogens with zero attached hydrogens (tertiary/aromatic N) is 5. The van der Waals surface area contributed by atoms with E-state index >= 15 is 0 Å². The summed E-state index contributed by atoms with van der Waals surface area (Å²) in [4.78, 5) is 44.8. The largest absolute Gasteiger partial charge is 0.491 e. The third kappa shape index (κ3) is 7.03. The Morgan fingerprint density at radius 1 is 1.08 bits per heavy atom. The number of thiophene rings is 1. The van der Waals surface area contributed by atoms with E-state index in [-0.39, 0.29) is 25.6 Å². The molecular weight excluding hydrogens is 662 g/mol. The molecule has 272 valence electrons. The quantitative estimate of drug-likeness (QED) is 0.140. The maximum absolute atomic E-state index is 14.8. The van der Waals surface area contributed by atoms with E-state index in [2.05, 4.69) is 17.1 Å². The number of methoxy groups -OCH3 is 1. The first-order chi connectivity index (χ1) is 23.6. The van der Waals surface area contributed by atoms with Gasteiger partial charge < -0.3 is 23.7 Å². The average Bonchev–Trinajstić information content (AvgIpc) is 3.77. The molecule has 0 saturated carbocycles. The first-order valence-electron chi connectivity index (χ1n) is 17.1. The summed E-state index contributed by atoms with van der Waals surface area (Å²) in [6.07, 6.45) is 5.97. The Bertz CT molecular complexity index is 1970. The lowest BCUT2D eigenvalue weighted by Crippen LogP contribution is -2.54. The lowest BCUT2D eigenvalue weighted by atomic mass is 9.91. The van der Waals surface area contributed by atoms with Crippen molar-refractivity contribution in [2.45, 2.75) is 116 Å². The van der Waals surface area contributed by atoms with Crippen molar-refractivity contribution in [2.75, 3.05) is 20.3 Å². The minimum atomic E-state index is -1.65. The molecule has 1 unspecified atom stereocenters. The van der Waals surface area contributed by atoms with Crippen LogP contribution in [0.25, 0.3) is 15.2 Å². The number of esters is 1. The number of fused-ring (bicyclic) bond motifs is 3. The number of carbonyl (C=O) groups is 1. The summed E-state index contributed by atoms with van der Waals surface area (Å²) in [7, 11) is 1.61. The highest BCUT2D eigenvalue weighted by Crippen LogP contribution is 2.44. The van der Waals surface area contributed by atoms with E-state index in [9.17, 15) is 14.4 Å². The molecule has 0 spiro atoms. The highest BCUT2D eigenvalue weighted by molar-refractivity contribution is 7.21. The molecule has 2 bridgehead atoms. The van der Waals surface area contributed by atoms with Gasteiger partial charge in [0.1, 0.15) is 39.4 Å². The number of ether oxygens (including phenoxy) is 5. The smallest absolute Gasteiger partial charge is 0.333 e. The van der Waals surface area contributed by atoms with Gasteiger partial charge in [-0.3, -0.25) is 9.36 Å². The van der Waals surface area contributed by atoms with E-state index in [1.54, 1.807) is 51.8 Å². The second-order valence-corrected chi connectivity index (χ2v) is 15.9. The Labute approximate surface area is 296 Å². The van der Waals surface area contributed by atoms with Gasteiger partial charge >= 0.3 is 11.7 Å². The van der Waals surface area contributed by atoms with Crippen molar-refractivity contribution >= 4 is 27.5 Å². The first kappa shape index (κ1) is 36.0. The molecule has 3 aromatic heterocycles. The third-order valence-corrected chi connectivity index (χ3v) is 10.6. The Hall–Kier alpha value is -3.85. The Kier molecular flexibility index (Phi) is 9.85. The molecule has 5 heterocycles. The van der Waals surface area contributed by atoms with Gasteiger partial charge in [0.05, 0.1) is 48.7 Å². The third-order valence-electron chi connectivity index (χ3n) is 9.35. The fourth-order valence-electron chi connectivity index (χ4n) is 7.04. The van der Waals surface area contributed by atoms with Gasteiger partial charge in [0.25, 0.3) is 5.56 Å². The molecule has 50 heavy (non-hydrogen) atoms. The summed E-state index contributed by atoms with van der Waals surface area (Å²) < 4.78 is 33.0. The van der Waals surface area contributed by atoms with Crippen molar-refractivity contribution in [1.82, 2.24) is 24.1 Å². The molecule has 0 radical (unpaired) electrons. The number of aryl methyl sites for hydroxylation is 1. The van der Waals surface area contributed by atoms with E-state index in [4.69, 9.17) is 23.7 Å². The van der Waals surface area contributed by atoms with E-state index in [0.717, 1.165) is 23.0 Å². The van der Waals surface area contributed by atoms with Crippen molar-refractivity contribution in [1.29, 1.82) is 0 Å². The molecule has 4 atom stereocenters. The predicted octanol–water partition coefficient (Wildman–Crippen LogP) is 5.32. The van der Waals surface area contributed by atoms with Gasteiger partial charge in [-0.15, -0.1) is 4.80 Å². The van der Waals surface area contributed by atoms with Crippen LogP contribution in [0.2, 0.25) is 0 Å². The predicted molar refractivity (Wildman–Crippen MR) is 190 cm³/mol. The number of hydrogen-bond donors (Lipinski definition) is 0. The fraction of sp³-hybridized carbons (Fsp3) is 0.583. The number of hydrogen-bond acceptors (Lipinski definition) is 11. The number of aromatic nitrogens is 5. The normalized spacial score (nSPS) is 21.4. The summed E-state index contributed by atoms with van der Waals surface area (Å²) in [5, 5.41) is 9.49. The number of carbonyl (C=O) groups excluding carboxylic acids is 1. The first-order valence-corrected chi connectivity index (χ1v) is 17.9. The standard InChI is InChI=1S/C36H47N5O8S.H2/c1-22-28-29(42)40(35(5,6)32(43)49-34(2,3)4)33(44)39(31(28)50-30(22)41-37-15-16-38-41)21-27(25-11-9-10-12-26(25)46-18-17-45-8)48-36(7)19-23-13-14-24(20-36)47-23;/h9-12,15-16,23-24,27H,13-14,17-21H2,1-8H3;1H/t23-,24+,27-,36?;/m0./s1. The van der Waals surface area contributed by atoms with Gasteiger partial charge in [0.15, 0.2) is 0 Å². The Morgan fingerprint density at radius 2 is 1.74 bits per heavy atom. The van der Waals surface area contributed by atoms with Crippen LogP contribution in [-0.4, -0.2) is 73.8 Å². The van der Waals surface area contributed by atoms with Gasteiger partial charge in [0.2, 0.25) is 0 Å². The zero-order valence-corrected chi connectivity index (χ0v) is 30.9. The van der Waals surface area contributed by atoms with Gasteiger partial charge in [0, 0.05) is 32.5 Å². The molecule has 13 nitrogen and oxygen atoms in total. The molecule has 1 aromatic carbocycles. The number of para-hydroxylation sites is 1. The lowest BCUT2D eigenvalue weighted by Gasteiger charge is -2.40. The molecule has 2 aliphatic heterocycles. The molecule has 6 rings (SSSR count). The van der Waals surface area contributed by atoms with Crippen LogP contribution in [0, 0.1) is 6.92 Å². The summed E-state index contributed by atoms with van der Waals surface area (Å²) >= 11 is 1.24. The fourth-order valence-corrected chi connectivity index (χ4v) is 8.26. The Morgan fingerprint density at radius 3 is 2.38 bits per heavy atom. The van der Waals surface area contributed by atoms with Gasteiger partial charge in [-0.1, -0.05) is 29.5 Å². The van der Waals surface area contributed by atoms with Crippen LogP contribution < -0.4 is 16.0 Å². The second kappa shape index (κ2) is 13.7. The minimum Gasteiger partial charge on any atom is -0.491 e. The minimum absolute atomic E-state index is 0. The van der Waals surface area contributed by atoms with E-state index in [1.165, 1.54) is 30.0 Å². The average molecular weight is 712 g/mol. The van der Waals surface area contributed by atoms with Gasteiger partial charge in [-0.25, -0.2) is 14.2 Å². The van der Waals surface area contributed by atoms with Crippen LogP contribution in [0.3, 0.4) is 0 Å². The van der Waals surface area contributed by atoms with E-state index < -0.39 is 40.1 Å².